The predicted molar refractivity (Wildman–Crippen MR) is 28.2 cm³/mol. The first kappa shape index (κ1) is 23.8. The van der Waals surface area contributed by atoms with E-state index in [1.54, 1.807) is 0 Å². The molecule has 0 fully saturated rings. The number of hydrogen-bond acceptors (Lipinski definition) is 0. The maximum atomic E-state index is 3.39. The van der Waals surface area contributed by atoms with Crippen molar-refractivity contribution in [2.45, 2.75) is 0 Å². The largest absolute Gasteiger partial charge is 0 e. The summed E-state index contributed by atoms with van der Waals surface area (Å²) in [6.45, 7) is 0. The van der Waals surface area contributed by atoms with Gasteiger partial charge >= 0.3 is 66.3 Å². The molecule has 0 aromatic rings. The molecule has 0 aromatic carbocycles. The first-order valence-corrected chi connectivity index (χ1v) is 4.37. The fourth-order valence-electron chi connectivity index (χ4n) is 0. The van der Waals surface area contributed by atoms with E-state index in [2.05, 4.69) is 14.1 Å². The minimum atomic E-state index is 0. The van der Waals surface area contributed by atoms with Gasteiger partial charge in [-0.2, -0.15) is 9.90 Å². The van der Waals surface area contributed by atoms with Gasteiger partial charge in [0.15, 0.2) is 0 Å². The molecule has 5 heavy (non-hydrogen) atoms. The summed E-state index contributed by atoms with van der Waals surface area (Å²) in [5, 5.41) is 0. The zero-order valence-corrected chi connectivity index (χ0v) is 10.3. The summed E-state index contributed by atoms with van der Waals surface area (Å²) in [6, 6.07) is 0. The van der Waals surface area contributed by atoms with Crippen LogP contribution in [-0.2, 0) is 33.6 Å². The summed E-state index contributed by atoms with van der Waals surface area (Å²) in [5.74, 6) is 0. The smallest absolute Gasteiger partial charge is 0 e. The fourth-order valence-corrected chi connectivity index (χ4v) is 0. The number of rotatable bonds is 0. The molecule has 0 aliphatic heterocycles. The van der Waals surface area contributed by atoms with Gasteiger partial charge in [0.25, 0.3) is 0 Å². The van der Waals surface area contributed by atoms with Crippen LogP contribution in [0.4, 0.5) is 0 Å². The maximum absolute atomic E-state index is 3.39. The zero-order chi connectivity index (χ0) is 2.00. The van der Waals surface area contributed by atoms with Crippen LogP contribution in [0.3, 0.4) is 0 Å². The average Bonchev–Trinajstić information content (AvgIpc) is 1.00. The standard InChI is InChI=1S/Al.Ca.Fe.H3P.Zn.4H/h;;;1H3;;;;;. The Hall–Kier alpha value is 3.37. The molecule has 1 atom stereocenters. The van der Waals surface area contributed by atoms with E-state index >= 15 is 0 Å². The maximum Gasteiger partial charge on any atom is 0 e. The Balaban J connectivity index is -0.00000000167. The summed E-state index contributed by atoms with van der Waals surface area (Å²) >= 11 is 4.44. The van der Waals surface area contributed by atoms with Crippen LogP contribution in [0.5, 0.6) is 0 Å². The summed E-state index contributed by atoms with van der Waals surface area (Å²) in [7, 11) is 0. The Morgan fingerprint density at radius 2 is 1.20 bits per heavy atom. The zero-order valence-electron chi connectivity index (χ0n) is 2.77. The molecule has 0 bridgehead atoms. The monoisotopic (exact) mass is 225 g/mol. The van der Waals surface area contributed by atoms with Crippen LogP contribution in [0.2, 0.25) is 0 Å². The van der Waals surface area contributed by atoms with Crippen LogP contribution in [0.1, 0.15) is 0 Å². The van der Waals surface area contributed by atoms with E-state index in [-0.39, 0.29) is 67.1 Å². The molecule has 0 radical (unpaired) electrons. The van der Waals surface area contributed by atoms with E-state index in [1.807, 2.05) is 0 Å². The van der Waals surface area contributed by atoms with E-state index in [0.29, 0.717) is 0 Å². The molecule has 0 N–H and O–H groups in total. The van der Waals surface area contributed by atoms with Crippen LogP contribution < -0.4 is 0 Å². The van der Waals surface area contributed by atoms with Crippen LogP contribution in [-0.4, -0.2) is 52.2 Å². The Kier molecular flexibility index (Phi) is 126. The molecule has 0 aromatic heterocycles. The summed E-state index contributed by atoms with van der Waals surface area (Å²) in [6.07, 6.45) is 0. The predicted octanol–water partition coefficient (Wildman–Crippen LogP) is -1.78. The van der Waals surface area contributed by atoms with Crippen molar-refractivity contribution < 1.29 is 33.6 Å². The van der Waals surface area contributed by atoms with Gasteiger partial charge in [0.1, 0.15) is 0 Å². The first-order valence-electron chi connectivity index (χ1n) is 0.354. The van der Waals surface area contributed by atoms with Crippen LogP contribution in [0, 0.1) is 0 Å². The molecule has 0 heterocycles. The van der Waals surface area contributed by atoms with Gasteiger partial charge in [-0.1, -0.05) is 0 Å². The van der Waals surface area contributed by atoms with Gasteiger partial charge in [0.05, 0.1) is 0 Å². The Labute approximate surface area is 93.7 Å². The fraction of sp³-hybridized carbons (Fsp3) is 0. The third-order valence-electron chi connectivity index (χ3n) is 0. The second-order valence-corrected chi connectivity index (χ2v) is 0. The van der Waals surface area contributed by atoms with Crippen molar-refractivity contribution in [1.29, 1.82) is 0 Å². The van der Waals surface area contributed by atoms with Crippen LogP contribution >= 0.6 is 9.90 Å². The molecular weight excluding hydrogens is 219 g/mol. The third-order valence-corrected chi connectivity index (χ3v) is 0. The first-order chi connectivity index (χ1) is 1.00. The van der Waals surface area contributed by atoms with Gasteiger partial charge in [-0.25, -0.2) is 0 Å². The molecule has 0 nitrogen and oxygen atoms in total. The van der Waals surface area contributed by atoms with Crippen molar-refractivity contribution in [2.75, 3.05) is 0 Å². The summed E-state index contributed by atoms with van der Waals surface area (Å²) in [4.78, 5) is 0. The van der Waals surface area contributed by atoms with E-state index < -0.39 is 0 Å². The second-order valence-electron chi connectivity index (χ2n) is 0. The van der Waals surface area contributed by atoms with E-state index in [9.17, 15) is 0 Å². The van der Waals surface area contributed by atoms with Crippen molar-refractivity contribution in [3.05, 3.63) is 0 Å². The van der Waals surface area contributed by atoms with Crippen molar-refractivity contribution in [2.24, 2.45) is 0 Å². The minimum absolute atomic E-state index is 0. The van der Waals surface area contributed by atoms with E-state index in [1.165, 1.54) is 0 Å². The quantitative estimate of drug-likeness (QED) is 0.338. The molecule has 0 amide bonds. The summed E-state index contributed by atoms with van der Waals surface area (Å²) < 4.78 is 0. The molecule has 0 saturated carbocycles. The topological polar surface area (TPSA) is 0 Å². The molecular formula is H7AlCaFePZn. The molecule has 0 aliphatic carbocycles. The van der Waals surface area contributed by atoms with Gasteiger partial charge in [-0.15, -0.1) is 0 Å². The Bertz CT molecular complexity index is 11.6. The minimum Gasteiger partial charge on any atom is 0 e. The molecule has 0 saturated heterocycles. The van der Waals surface area contributed by atoms with Gasteiger partial charge in [-0.3, -0.25) is 0 Å². The van der Waals surface area contributed by atoms with Gasteiger partial charge in [0, 0.05) is 19.5 Å². The van der Waals surface area contributed by atoms with Crippen LogP contribution in [0.15, 0.2) is 0 Å². The molecule has 27 valence electrons. The molecule has 0 aliphatic rings. The van der Waals surface area contributed by atoms with Crippen molar-refractivity contribution in [3.8, 4) is 0 Å². The molecule has 5 heteroatoms. The van der Waals surface area contributed by atoms with E-state index in [0.717, 1.165) is 14.4 Å². The van der Waals surface area contributed by atoms with E-state index in [4.69, 9.17) is 0 Å². The average molecular weight is 226 g/mol. The van der Waals surface area contributed by atoms with Gasteiger partial charge in [-0.05, 0) is 0 Å². The van der Waals surface area contributed by atoms with Crippen LogP contribution in [0.25, 0.3) is 0 Å². The Morgan fingerprint density at radius 1 is 1.20 bits per heavy atom. The summed E-state index contributed by atoms with van der Waals surface area (Å²) in [5.41, 5.74) is 0. The van der Waals surface area contributed by atoms with Gasteiger partial charge in [0.2, 0.25) is 0 Å². The van der Waals surface area contributed by atoms with Crippen molar-refractivity contribution in [1.82, 2.24) is 0 Å². The van der Waals surface area contributed by atoms with Crippen molar-refractivity contribution in [3.63, 3.8) is 0 Å². The third kappa shape index (κ3) is 18.7. The molecule has 1 unspecified atom stereocenters. The van der Waals surface area contributed by atoms with Crippen molar-refractivity contribution >= 4 is 62.1 Å². The molecule has 0 spiro atoms. The van der Waals surface area contributed by atoms with Gasteiger partial charge < -0.3 is 0 Å². The molecule has 0 rings (SSSR count). The second kappa shape index (κ2) is 26.4. The number of hydrogen-bond donors (Lipinski definition) is 0. The SMILES string of the molecule is P.[AlH2][Fe].[CaH2].[Zn]. The normalized spacial score (nSPS) is 1.00. The Morgan fingerprint density at radius 3 is 1.20 bits per heavy atom.